The van der Waals surface area contributed by atoms with Gasteiger partial charge in [-0.15, -0.1) is 11.3 Å². The van der Waals surface area contributed by atoms with E-state index in [0.29, 0.717) is 17.3 Å². The molecule has 2 N–H and O–H groups in total. The number of hydrogen-bond acceptors (Lipinski definition) is 7. The SMILES string of the molecule is COc1ccc(C)cc1NC(=O)CNC(=O)CSc1nc(-c2cccs2)nc2ccccc12. The minimum atomic E-state index is -0.329. The summed E-state index contributed by atoms with van der Waals surface area (Å²) in [6.07, 6.45) is 0. The van der Waals surface area contributed by atoms with Crippen LogP contribution in [0.1, 0.15) is 5.56 Å². The lowest BCUT2D eigenvalue weighted by molar-refractivity contribution is -0.122. The second-order valence-corrected chi connectivity index (χ2v) is 9.08. The van der Waals surface area contributed by atoms with Gasteiger partial charge in [0.2, 0.25) is 11.8 Å². The third-order valence-corrected chi connectivity index (χ3v) is 6.58. The number of ether oxygens (including phenoxy) is 1. The second kappa shape index (κ2) is 10.5. The molecule has 168 valence electrons. The van der Waals surface area contributed by atoms with Crippen molar-refractivity contribution < 1.29 is 14.3 Å². The number of amides is 2. The van der Waals surface area contributed by atoms with Gasteiger partial charge in [0.25, 0.3) is 0 Å². The zero-order valence-corrected chi connectivity index (χ0v) is 19.8. The Labute approximate surface area is 199 Å². The van der Waals surface area contributed by atoms with Gasteiger partial charge >= 0.3 is 0 Å². The van der Waals surface area contributed by atoms with Gasteiger partial charge in [-0.25, -0.2) is 9.97 Å². The molecule has 2 aromatic heterocycles. The molecule has 0 fully saturated rings. The van der Waals surface area contributed by atoms with Gasteiger partial charge in [0.05, 0.1) is 35.5 Å². The maximum atomic E-state index is 12.4. The van der Waals surface area contributed by atoms with E-state index in [0.717, 1.165) is 26.4 Å². The van der Waals surface area contributed by atoms with Crippen LogP contribution in [0.15, 0.2) is 65.0 Å². The van der Waals surface area contributed by atoms with Crippen LogP contribution in [0, 0.1) is 6.92 Å². The lowest BCUT2D eigenvalue weighted by Crippen LogP contribution is -2.34. The van der Waals surface area contributed by atoms with Crippen molar-refractivity contribution in [3.05, 3.63) is 65.5 Å². The van der Waals surface area contributed by atoms with E-state index in [9.17, 15) is 9.59 Å². The Kier molecular flexibility index (Phi) is 7.21. The van der Waals surface area contributed by atoms with Crippen LogP contribution in [0.5, 0.6) is 5.75 Å². The van der Waals surface area contributed by atoms with Crippen LogP contribution in [0.2, 0.25) is 0 Å². The van der Waals surface area contributed by atoms with Crippen molar-refractivity contribution in [1.29, 1.82) is 0 Å². The molecule has 0 radical (unpaired) electrons. The molecule has 4 rings (SSSR count). The molecule has 0 unspecified atom stereocenters. The van der Waals surface area contributed by atoms with Crippen molar-refractivity contribution in [1.82, 2.24) is 15.3 Å². The lowest BCUT2D eigenvalue weighted by Gasteiger charge is -2.11. The van der Waals surface area contributed by atoms with Gasteiger partial charge in [0, 0.05) is 5.39 Å². The van der Waals surface area contributed by atoms with Crippen LogP contribution in [-0.4, -0.2) is 41.2 Å². The number of thiophene rings is 1. The number of nitrogens with one attached hydrogen (secondary N) is 2. The van der Waals surface area contributed by atoms with Crippen LogP contribution in [-0.2, 0) is 9.59 Å². The molecular weight excluding hydrogens is 456 g/mol. The van der Waals surface area contributed by atoms with Gasteiger partial charge in [0.15, 0.2) is 5.82 Å². The Balaban J connectivity index is 1.38. The first-order valence-corrected chi connectivity index (χ1v) is 12.0. The van der Waals surface area contributed by atoms with Crippen molar-refractivity contribution in [2.24, 2.45) is 0 Å². The molecule has 0 aliphatic heterocycles. The Bertz CT molecular complexity index is 1290. The number of carbonyl (C=O) groups excluding carboxylic acids is 2. The summed E-state index contributed by atoms with van der Waals surface area (Å²) in [4.78, 5) is 35.0. The molecule has 0 bridgehead atoms. The monoisotopic (exact) mass is 478 g/mol. The summed E-state index contributed by atoms with van der Waals surface area (Å²) in [7, 11) is 1.54. The highest BCUT2D eigenvalue weighted by Gasteiger charge is 2.14. The molecule has 0 aliphatic carbocycles. The highest BCUT2D eigenvalue weighted by molar-refractivity contribution is 8.00. The number of nitrogens with zero attached hydrogens (tertiary/aromatic N) is 2. The normalized spacial score (nSPS) is 10.7. The van der Waals surface area contributed by atoms with E-state index in [-0.39, 0.29) is 24.1 Å². The van der Waals surface area contributed by atoms with E-state index >= 15 is 0 Å². The van der Waals surface area contributed by atoms with Crippen LogP contribution < -0.4 is 15.4 Å². The van der Waals surface area contributed by atoms with Crippen molar-refractivity contribution >= 4 is 51.5 Å². The predicted molar refractivity (Wildman–Crippen MR) is 133 cm³/mol. The fourth-order valence-corrected chi connectivity index (χ4v) is 4.66. The number of carbonyl (C=O) groups is 2. The first-order valence-electron chi connectivity index (χ1n) is 10.2. The molecule has 0 aliphatic rings. The van der Waals surface area contributed by atoms with Crippen molar-refractivity contribution in [3.63, 3.8) is 0 Å². The van der Waals surface area contributed by atoms with E-state index < -0.39 is 0 Å². The van der Waals surface area contributed by atoms with Gasteiger partial charge in [-0.2, -0.15) is 0 Å². The molecule has 2 heterocycles. The average molecular weight is 479 g/mol. The smallest absolute Gasteiger partial charge is 0.243 e. The molecule has 2 aromatic carbocycles. The zero-order chi connectivity index (χ0) is 23.2. The number of anilines is 1. The Morgan fingerprint density at radius 3 is 2.70 bits per heavy atom. The maximum Gasteiger partial charge on any atom is 0.243 e. The first-order chi connectivity index (χ1) is 16.0. The molecule has 2 amide bonds. The molecule has 9 heteroatoms. The van der Waals surface area contributed by atoms with Gasteiger partial charge in [-0.3, -0.25) is 9.59 Å². The Hall–Kier alpha value is -3.43. The summed E-state index contributed by atoms with van der Waals surface area (Å²) >= 11 is 2.89. The number of fused-ring (bicyclic) bond motifs is 1. The molecule has 7 nitrogen and oxygen atoms in total. The fourth-order valence-electron chi connectivity index (χ4n) is 3.15. The molecule has 0 spiro atoms. The standard InChI is InChI=1S/C24H22N4O3S2/c1-15-9-10-19(31-2)18(12-15)26-21(29)13-25-22(30)14-33-24-16-6-3-4-7-17(16)27-23(28-24)20-8-5-11-32-20/h3-12H,13-14H2,1-2H3,(H,25,30)(H,26,29). The van der Waals surface area contributed by atoms with E-state index in [1.54, 1.807) is 24.5 Å². The van der Waals surface area contributed by atoms with E-state index in [4.69, 9.17) is 4.74 Å². The zero-order valence-electron chi connectivity index (χ0n) is 18.1. The minimum absolute atomic E-state index is 0.131. The third-order valence-electron chi connectivity index (χ3n) is 4.72. The quantitative estimate of drug-likeness (QED) is 0.286. The van der Waals surface area contributed by atoms with Crippen molar-refractivity contribution in [2.45, 2.75) is 11.9 Å². The summed E-state index contributed by atoms with van der Waals surface area (Å²) in [5.74, 6) is 0.744. The summed E-state index contributed by atoms with van der Waals surface area (Å²) in [6, 6.07) is 17.2. The van der Waals surface area contributed by atoms with Crippen molar-refractivity contribution in [3.8, 4) is 16.5 Å². The number of hydrogen-bond donors (Lipinski definition) is 2. The van der Waals surface area contributed by atoms with Gasteiger partial charge in [0.1, 0.15) is 10.8 Å². The van der Waals surface area contributed by atoms with E-state index in [2.05, 4.69) is 20.6 Å². The van der Waals surface area contributed by atoms with Crippen LogP contribution in [0.4, 0.5) is 5.69 Å². The lowest BCUT2D eigenvalue weighted by atomic mass is 10.2. The Morgan fingerprint density at radius 1 is 1.06 bits per heavy atom. The van der Waals surface area contributed by atoms with Crippen LogP contribution >= 0.6 is 23.1 Å². The Morgan fingerprint density at radius 2 is 1.91 bits per heavy atom. The molecule has 0 atom stereocenters. The fraction of sp³-hybridized carbons (Fsp3) is 0.167. The second-order valence-electron chi connectivity index (χ2n) is 7.16. The van der Waals surface area contributed by atoms with Crippen LogP contribution in [0.3, 0.4) is 0 Å². The first kappa shape index (κ1) is 22.8. The van der Waals surface area contributed by atoms with E-state index in [1.807, 2.05) is 60.8 Å². The van der Waals surface area contributed by atoms with Gasteiger partial charge < -0.3 is 15.4 Å². The van der Waals surface area contributed by atoms with Crippen LogP contribution in [0.25, 0.3) is 21.6 Å². The van der Waals surface area contributed by atoms with Crippen molar-refractivity contribution in [2.75, 3.05) is 24.7 Å². The number of aryl methyl sites for hydroxylation is 1. The van der Waals surface area contributed by atoms with E-state index in [1.165, 1.54) is 11.8 Å². The minimum Gasteiger partial charge on any atom is -0.495 e. The molecular formula is C24H22N4O3S2. The number of rotatable bonds is 8. The largest absolute Gasteiger partial charge is 0.495 e. The number of thioether (sulfide) groups is 1. The maximum absolute atomic E-state index is 12.4. The third kappa shape index (κ3) is 5.68. The van der Waals surface area contributed by atoms with Gasteiger partial charge in [-0.05, 0) is 42.1 Å². The topological polar surface area (TPSA) is 93.2 Å². The summed E-state index contributed by atoms with van der Waals surface area (Å²) in [6.45, 7) is 1.79. The number of aromatic nitrogens is 2. The molecule has 0 saturated heterocycles. The molecule has 0 saturated carbocycles. The summed E-state index contributed by atoms with van der Waals surface area (Å²) in [5, 5.41) is 9.03. The summed E-state index contributed by atoms with van der Waals surface area (Å²) < 4.78 is 5.27. The molecule has 33 heavy (non-hydrogen) atoms. The predicted octanol–water partition coefficient (Wildman–Crippen LogP) is 4.52. The summed E-state index contributed by atoms with van der Waals surface area (Å²) in [5.41, 5.74) is 2.38. The average Bonchev–Trinajstić information content (AvgIpc) is 3.36. The number of para-hydroxylation sites is 1. The number of methoxy groups -OCH3 is 1. The molecule has 4 aromatic rings. The highest BCUT2D eigenvalue weighted by atomic mass is 32.2. The number of benzene rings is 2. The van der Waals surface area contributed by atoms with Gasteiger partial charge in [-0.1, -0.05) is 42.1 Å². The highest BCUT2D eigenvalue weighted by Crippen LogP contribution is 2.30.